The van der Waals surface area contributed by atoms with Gasteiger partial charge in [-0.2, -0.15) is 0 Å². The maximum atomic E-state index is 3.98. The topological polar surface area (TPSA) is 0 Å². The summed E-state index contributed by atoms with van der Waals surface area (Å²) in [6, 6.07) is 0. The lowest BCUT2D eigenvalue weighted by Crippen LogP contribution is -1.82. The molecule has 0 aromatic rings. The van der Waals surface area contributed by atoms with E-state index in [1.807, 2.05) is 0 Å². The molecule has 0 heterocycles. The van der Waals surface area contributed by atoms with E-state index in [9.17, 15) is 0 Å². The Morgan fingerprint density at radius 3 is 1.88 bits per heavy atom. The lowest BCUT2D eigenvalue weighted by molar-refractivity contribution is 0.566. The number of hydrogen-bond acceptors (Lipinski definition) is 0. The van der Waals surface area contributed by atoms with Crippen molar-refractivity contribution in [2.75, 3.05) is 0 Å². The van der Waals surface area contributed by atoms with Gasteiger partial charge in [0.25, 0.3) is 0 Å². The van der Waals surface area contributed by atoms with Crippen molar-refractivity contribution in [2.24, 2.45) is 5.92 Å². The van der Waals surface area contributed by atoms with Crippen molar-refractivity contribution in [3.05, 3.63) is 19.1 Å². The van der Waals surface area contributed by atoms with Gasteiger partial charge in [-0.15, -0.1) is 0 Å². The fourth-order valence-corrected chi connectivity index (χ4v) is 2.02. The largest absolute Gasteiger partial charge is 0.0885 e. The van der Waals surface area contributed by atoms with Gasteiger partial charge in [0.1, 0.15) is 0 Å². The van der Waals surface area contributed by atoms with Crippen LogP contribution >= 0.6 is 0 Å². The molecule has 0 amide bonds. The summed E-state index contributed by atoms with van der Waals surface area (Å²) in [6.45, 7) is 8.43. The summed E-state index contributed by atoms with van der Waals surface area (Å²) in [7, 11) is 0. The van der Waals surface area contributed by atoms with Crippen LogP contribution in [0.2, 0.25) is 0 Å². The number of rotatable bonds is 12. The molecule has 17 heavy (non-hydrogen) atoms. The standard InChI is InChI=1S/C17H33/c1-4-5-6-7-8-9-10-11-12-13-14-15-16-17(2)3/h14-15,17H,2,4-13,16H2,1,3H3. The van der Waals surface area contributed by atoms with Crippen LogP contribution in [0.25, 0.3) is 0 Å². The molecular formula is C17H33. The van der Waals surface area contributed by atoms with Gasteiger partial charge < -0.3 is 0 Å². The first-order valence-corrected chi connectivity index (χ1v) is 7.75. The van der Waals surface area contributed by atoms with Gasteiger partial charge in [0.2, 0.25) is 0 Å². The molecule has 0 aliphatic carbocycles. The third kappa shape index (κ3) is 15.7. The lowest BCUT2D eigenvalue weighted by Gasteiger charge is -2.01. The minimum atomic E-state index is 0.564. The zero-order chi connectivity index (χ0) is 12.8. The van der Waals surface area contributed by atoms with Crippen LogP contribution in [-0.2, 0) is 0 Å². The average molecular weight is 237 g/mol. The Balaban J connectivity index is 3.01. The van der Waals surface area contributed by atoms with E-state index in [1.165, 1.54) is 64.2 Å². The minimum Gasteiger partial charge on any atom is -0.0885 e. The Kier molecular flexibility index (Phi) is 13.6. The Morgan fingerprint density at radius 2 is 1.35 bits per heavy atom. The van der Waals surface area contributed by atoms with Crippen molar-refractivity contribution in [2.45, 2.75) is 84.5 Å². The average Bonchev–Trinajstić information content (AvgIpc) is 2.30. The Morgan fingerprint density at radius 1 is 0.824 bits per heavy atom. The lowest BCUT2D eigenvalue weighted by atomic mass is 10.1. The molecule has 1 unspecified atom stereocenters. The van der Waals surface area contributed by atoms with Crippen LogP contribution in [0.1, 0.15) is 84.5 Å². The molecule has 101 valence electrons. The Bertz CT molecular complexity index is 155. The molecule has 0 heteroatoms. The molecule has 0 aromatic carbocycles. The van der Waals surface area contributed by atoms with E-state index in [-0.39, 0.29) is 0 Å². The van der Waals surface area contributed by atoms with E-state index >= 15 is 0 Å². The highest BCUT2D eigenvalue weighted by atomic mass is 14.0. The normalized spacial score (nSPS) is 11.8. The highest BCUT2D eigenvalue weighted by molar-refractivity contribution is 4.83. The van der Waals surface area contributed by atoms with Crippen molar-refractivity contribution < 1.29 is 0 Å². The summed E-state index contributed by atoms with van der Waals surface area (Å²) in [5, 5.41) is 0. The van der Waals surface area contributed by atoms with Crippen LogP contribution < -0.4 is 0 Å². The molecule has 0 nitrogen and oxygen atoms in total. The monoisotopic (exact) mass is 237 g/mol. The van der Waals surface area contributed by atoms with Crippen molar-refractivity contribution >= 4 is 0 Å². The molecule has 0 saturated heterocycles. The number of hydrogen-bond donors (Lipinski definition) is 0. The van der Waals surface area contributed by atoms with Gasteiger partial charge in [0.05, 0.1) is 0 Å². The van der Waals surface area contributed by atoms with Crippen molar-refractivity contribution in [3.63, 3.8) is 0 Å². The van der Waals surface area contributed by atoms with Crippen LogP contribution in [-0.4, -0.2) is 0 Å². The molecule has 0 spiro atoms. The fourth-order valence-electron chi connectivity index (χ4n) is 2.02. The summed E-state index contributed by atoms with van der Waals surface area (Å²) in [5.74, 6) is 0.564. The van der Waals surface area contributed by atoms with Gasteiger partial charge in [-0.05, 0) is 25.2 Å². The molecular weight excluding hydrogens is 204 g/mol. The van der Waals surface area contributed by atoms with Gasteiger partial charge >= 0.3 is 0 Å². The van der Waals surface area contributed by atoms with Gasteiger partial charge in [0.15, 0.2) is 0 Å². The third-order valence-corrected chi connectivity index (χ3v) is 3.18. The van der Waals surface area contributed by atoms with Crippen LogP contribution in [0.15, 0.2) is 12.2 Å². The van der Waals surface area contributed by atoms with Crippen molar-refractivity contribution in [1.82, 2.24) is 0 Å². The first kappa shape index (κ1) is 16.7. The SMILES string of the molecule is [CH2]C(C)CC=CCCCCCCCCCCC. The highest BCUT2D eigenvalue weighted by Crippen LogP contribution is 2.11. The molecule has 0 aliphatic rings. The number of unbranched alkanes of at least 4 members (excludes halogenated alkanes) is 9. The summed E-state index contributed by atoms with van der Waals surface area (Å²) in [4.78, 5) is 0. The second-order valence-corrected chi connectivity index (χ2v) is 5.43. The van der Waals surface area contributed by atoms with Crippen molar-refractivity contribution in [3.8, 4) is 0 Å². The van der Waals surface area contributed by atoms with E-state index in [4.69, 9.17) is 0 Å². The van der Waals surface area contributed by atoms with Gasteiger partial charge in [0, 0.05) is 0 Å². The molecule has 0 N–H and O–H groups in total. The molecule has 0 rings (SSSR count). The third-order valence-electron chi connectivity index (χ3n) is 3.18. The van der Waals surface area contributed by atoms with E-state index < -0.39 is 0 Å². The van der Waals surface area contributed by atoms with Crippen LogP contribution in [0.4, 0.5) is 0 Å². The zero-order valence-electron chi connectivity index (χ0n) is 12.2. The van der Waals surface area contributed by atoms with Crippen LogP contribution in [0, 0.1) is 12.8 Å². The molecule has 0 bridgehead atoms. The fraction of sp³-hybridized carbons (Fsp3) is 0.824. The Hall–Kier alpha value is -0.260. The second-order valence-electron chi connectivity index (χ2n) is 5.43. The van der Waals surface area contributed by atoms with Crippen molar-refractivity contribution in [1.29, 1.82) is 0 Å². The predicted molar refractivity (Wildman–Crippen MR) is 80.1 cm³/mol. The highest BCUT2D eigenvalue weighted by Gasteiger charge is 1.91. The number of allylic oxidation sites excluding steroid dienone is 2. The van der Waals surface area contributed by atoms with Gasteiger partial charge in [-0.1, -0.05) is 84.3 Å². The predicted octanol–water partition coefficient (Wildman–Crippen LogP) is 6.32. The minimum absolute atomic E-state index is 0.564. The summed E-state index contributed by atoms with van der Waals surface area (Å²) >= 11 is 0. The summed E-state index contributed by atoms with van der Waals surface area (Å²) in [6.07, 6.45) is 19.8. The Labute approximate surface area is 110 Å². The van der Waals surface area contributed by atoms with Crippen LogP contribution in [0.5, 0.6) is 0 Å². The van der Waals surface area contributed by atoms with E-state index in [0.29, 0.717) is 5.92 Å². The van der Waals surface area contributed by atoms with E-state index in [2.05, 4.69) is 32.9 Å². The van der Waals surface area contributed by atoms with Gasteiger partial charge in [-0.3, -0.25) is 0 Å². The molecule has 0 saturated carbocycles. The summed E-state index contributed by atoms with van der Waals surface area (Å²) < 4.78 is 0. The molecule has 0 aliphatic heterocycles. The molecule has 1 radical (unpaired) electrons. The first-order chi connectivity index (χ1) is 8.27. The quantitative estimate of drug-likeness (QED) is 0.275. The summed E-state index contributed by atoms with van der Waals surface area (Å²) in [5.41, 5.74) is 0. The second kappa shape index (κ2) is 13.8. The van der Waals surface area contributed by atoms with Crippen LogP contribution in [0.3, 0.4) is 0 Å². The van der Waals surface area contributed by atoms with E-state index in [1.54, 1.807) is 0 Å². The molecule has 0 fully saturated rings. The maximum Gasteiger partial charge on any atom is -0.0325 e. The smallest absolute Gasteiger partial charge is 0.0325 e. The zero-order valence-corrected chi connectivity index (χ0v) is 12.2. The van der Waals surface area contributed by atoms with E-state index in [0.717, 1.165) is 6.42 Å². The first-order valence-electron chi connectivity index (χ1n) is 7.75. The molecule has 0 aromatic heterocycles. The van der Waals surface area contributed by atoms with Gasteiger partial charge in [-0.25, -0.2) is 0 Å². The molecule has 1 atom stereocenters. The maximum absolute atomic E-state index is 3.98.